The van der Waals surface area contributed by atoms with Gasteiger partial charge in [0, 0.05) is 25.1 Å². The lowest BCUT2D eigenvalue weighted by molar-refractivity contribution is 0.0903. The average molecular weight is 314 g/mol. The number of rotatable bonds is 5. The van der Waals surface area contributed by atoms with Gasteiger partial charge in [0.15, 0.2) is 0 Å². The van der Waals surface area contributed by atoms with Gasteiger partial charge in [-0.3, -0.25) is 4.79 Å². The van der Waals surface area contributed by atoms with Gasteiger partial charge in [0.2, 0.25) is 0 Å². The third-order valence-electron chi connectivity index (χ3n) is 3.70. The van der Waals surface area contributed by atoms with Gasteiger partial charge in [-0.2, -0.15) is 0 Å². The molecule has 0 aliphatic rings. The fourth-order valence-electron chi connectivity index (χ4n) is 2.48. The third kappa shape index (κ3) is 3.24. The largest absolute Gasteiger partial charge is 0.467 e. The lowest BCUT2D eigenvalue weighted by Gasteiger charge is -2.16. The van der Waals surface area contributed by atoms with E-state index in [1.54, 1.807) is 36.0 Å². The predicted molar refractivity (Wildman–Crippen MR) is 83.7 cm³/mol. The molecule has 2 heterocycles. The van der Waals surface area contributed by atoms with Gasteiger partial charge < -0.3 is 14.8 Å². The standard InChI is InChI=1S/C16H18N4O3/c1-10(8-14(21)15-4-3-7-23-15)17-16(22)11-5-6-13-12(9-11)18-19-20(13)2/h3-7,9-10,14,21H,8H2,1-2H3,(H,17,22). The summed E-state index contributed by atoms with van der Waals surface area (Å²) in [5, 5.41) is 20.8. The fourth-order valence-corrected chi connectivity index (χ4v) is 2.48. The first-order chi connectivity index (χ1) is 11.0. The molecule has 2 unspecified atom stereocenters. The van der Waals surface area contributed by atoms with E-state index in [9.17, 15) is 9.90 Å². The van der Waals surface area contributed by atoms with Crippen molar-refractivity contribution in [2.45, 2.75) is 25.5 Å². The van der Waals surface area contributed by atoms with Crippen LogP contribution in [0.25, 0.3) is 11.0 Å². The van der Waals surface area contributed by atoms with Crippen LogP contribution in [0.2, 0.25) is 0 Å². The smallest absolute Gasteiger partial charge is 0.251 e. The minimum Gasteiger partial charge on any atom is -0.467 e. The highest BCUT2D eigenvalue weighted by molar-refractivity contribution is 5.97. The Morgan fingerprint density at radius 3 is 3.00 bits per heavy atom. The number of hydrogen-bond donors (Lipinski definition) is 2. The second-order valence-corrected chi connectivity index (χ2v) is 5.56. The van der Waals surface area contributed by atoms with Crippen LogP contribution in [0.4, 0.5) is 0 Å². The van der Waals surface area contributed by atoms with E-state index in [2.05, 4.69) is 15.6 Å². The number of furan rings is 1. The second kappa shape index (κ2) is 6.21. The average Bonchev–Trinajstić information content (AvgIpc) is 3.17. The zero-order chi connectivity index (χ0) is 16.4. The van der Waals surface area contributed by atoms with Crippen LogP contribution in [0.5, 0.6) is 0 Å². The Morgan fingerprint density at radius 1 is 1.43 bits per heavy atom. The number of hydrogen-bond acceptors (Lipinski definition) is 5. The first kappa shape index (κ1) is 15.2. The van der Waals surface area contributed by atoms with Crippen LogP contribution in [0.15, 0.2) is 41.0 Å². The number of benzene rings is 1. The maximum atomic E-state index is 12.3. The number of carbonyl (C=O) groups excluding carboxylic acids is 1. The summed E-state index contributed by atoms with van der Waals surface area (Å²) >= 11 is 0. The zero-order valence-corrected chi connectivity index (χ0v) is 12.9. The van der Waals surface area contributed by atoms with E-state index in [1.165, 1.54) is 6.26 Å². The van der Waals surface area contributed by atoms with Crippen molar-refractivity contribution in [1.29, 1.82) is 0 Å². The summed E-state index contributed by atoms with van der Waals surface area (Å²) in [5.74, 6) is 0.281. The molecule has 1 amide bonds. The molecule has 7 nitrogen and oxygen atoms in total. The number of nitrogens with one attached hydrogen (secondary N) is 1. The van der Waals surface area contributed by atoms with Gasteiger partial charge in [-0.05, 0) is 37.3 Å². The maximum Gasteiger partial charge on any atom is 0.251 e. The predicted octanol–water partition coefficient (Wildman–Crippen LogP) is 1.80. The molecule has 2 atom stereocenters. The van der Waals surface area contributed by atoms with Gasteiger partial charge in [-0.25, -0.2) is 4.68 Å². The Bertz CT molecular complexity index is 810. The second-order valence-electron chi connectivity index (χ2n) is 5.56. The Hall–Kier alpha value is -2.67. The summed E-state index contributed by atoms with van der Waals surface area (Å²) in [6.07, 6.45) is 1.13. The van der Waals surface area contributed by atoms with E-state index >= 15 is 0 Å². The van der Waals surface area contributed by atoms with E-state index < -0.39 is 6.10 Å². The summed E-state index contributed by atoms with van der Waals surface area (Å²) in [5.41, 5.74) is 2.05. The summed E-state index contributed by atoms with van der Waals surface area (Å²) < 4.78 is 6.81. The van der Waals surface area contributed by atoms with Crippen molar-refractivity contribution < 1.29 is 14.3 Å². The molecule has 0 spiro atoms. The highest BCUT2D eigenvalue weighted by atomic mass is 16.4. The van der Waals surface area contributed by atoms with Gasteiger partial charge in [0.25, 0.3) is 5.91 Å². The molecule has 23 heavy (non-hydrogen) atoms. The molecule has 0 aliphatic heterocycles. The molecule has 3 aromatic rings. The number of aryl methyl sites for hydroxylation is 1. The highest BCUT2D eigenvalue weighted by Crippen LogP contribution is 2.19. The lowest BCUT2D eigenvalue weighted by Crippen LogP contribution is -2.33. The number of aromatic nitrogens is 3. The van der Waals surface area contributed by atoms with Crippen LogP contribution in [0.1, 0.15) is 35.6 Å². The van der Waals surface area contributed by atoms with Gasteiger partial charge in [0.05, 0.1) is 11.8 Å². The fraction of sp³-hybridized carbons (Fsp3) is 0.312. The van der Waals surface area contributed by atoms with Crippen LogP contribution in [0, 0.1) is 0 Å². The molecule has 7 heteroatoms. The third-order valence-corrected chi connectivity index (χ3v) is 3.70. The van der Waals surface area contributed by atoms with Gasteiger partial charge in [-0.15, -0.1) is 5.10 Å². The molecule has 2 aromatic heterocycles. The molecule has 0 bridgehead atoms. The first-order valence-corrected chi connectivity index (χ1v) is 7.36. The molecule has 1 aromatic carbocycles. The highest BCUT2D eigenvalue weighted by Gasteiger charge is 2.17. The van der Waals surface area contributed by atoms with Gasteiger partial charge >= 0.3 is 0 Å². The molecule has 0 saturated carbocycles. The van der Waals surface area contributed by atoms with Crippen molar-refractivity contribution in [2.75, 3.05) is 0 Å². The quantitative estimate of drug-likeness (QED) is 0.749. The van der Waals surface area contributed by atoms with E-state index in [4.69, 9.17) is 4.42 Å². The van der Waals surface area contributed by atoms with Crippen molar-refractivity contribution in [3.63, 3.8) is 0 Å². The van der Waals surface area contributed by atoms with Gasteiger partial charge in [-0.1, -0.05) is 5.21 Å². The Kier molecular flexibility index (Phi) is 4.12. The minimum absolute atomic E-state index is 0.208. The Labute approximate surface area is 132 Å². The van der Waals surface area contributed by atoms with Crippen LogP contribution in [-0.2, 0) is 7.05 Å². The van der Waals surface area contributed by atoms with E-state index in [1.807, 2.05) is 13.0 Å². The molecule has 0 saturated heterocycles. The van der Waals surface area contributed by atoms with Crippen molar-refractivity contribution >= 4 is 16.9 Å². The van der Waals surface area contributed by atoms with E-state index in [0.717, 1.165) is 5.52 Å². The van der Waals surface area contributed by atoms with Gasteiger partial charge in [0.1, 0.15) is 17.4 Å². The lowest BCUT2D eigenvalue weighted by atomic mass is 10.1. The molecule has 2 N–H and O–H groups in total. The topological polar surface area (TPSA) is 93.2 Å². The SMILES string of the molecule is CC(CC(O)c1ccco1)NC(=O)c1ccc2c(c1)nnn2C. The van der Waals surface area contributed by atoms with Crippen LogP contribution < -0.4 is 5.32 Å². The zero-order valence-electron chi connectivity index (χ0n) is 12.9. The van der Waals surface area contributed by atoms with E-state index in [-0.39, 0.29) is 11.9 Å². The van der Waals surface area contributed by atoms with Crippen LogP contribution >= 0.6 is 0 Å². The normalized spacial score (nSPS) is 13.9. The maximum absolute atomic E-state index is 12.3. The first-order valence-electron chi connectivity index (χ1n) is 7.36. The number of aliphatic hydroxyl groups excluding tert-OH is 1. The Morgan fingerprint density at radius 2 is 2.26 bits per heavy atom. The van der Waals surface area contributed by atoms with Crippen molar-refractivity contribution in [1.82, 2.24) is 20.3 Å². The monoisotopic (exact) mass is 314 g/mol. The molecule has 3 rings (SSSR count). The number of amides is 1. The van der Waals surface area contributed by atoms with Crippen molar-refractivity contribution in [2.24, 2.45) is 7.05 Å². The summed E-state index contributed by atoms with van der Waals surface area (Å²) in [7, 11) is 1.80. The molecule has 0 aliphatic carbocycles. The number of nitrogens with zero attached hydrogens (tertiary/aromatic N) is 3. The number of aliphatic hydroxyl groups is 1. The summed E-state index contributed by atoms with van der Waals surface area (Å²) in [6, 6.07) is 8.47. The number of carbonyl (C=O) groups is 1. The summed E-state index contributed by atoms with van der Waals surface area (Å²) in [6.45, 7) is 1.84. The van der Waals surface area contributed by atoms with Crippen molar-refractivity contribution in [3.05, 3.63) is 47.9 Å². The molecular weight excluding hydrogens is 296 g/mol. The van der Waals surface area contributed by atoms with E-state index in [0.29, 0.717) is 23.3 Å². The molecule has 0 fully saturated rings. The van der Waals surface area contributed by atoms with Crippen molar-refractivity contribution in [3.8, 4) is 0 Å². The molecule has 120 valence electrons. The minimum atomic E-state index is -0.747. The number of fused-ring (bicyclic) bond motifs is 1. The van der Waals surface area contributed by atoms with Crippen LogP contribution in [0.3, 0.4) is 0 Å². The Balaban J connectivity index is 1.65. The molecule has 0 radical (unpaired) electrons. The molecular formula is C16H18N4O3. The summed E-state index contributed by atoms with van der Waals surface area (Å²) in [4.78, 5) is 12.3. The van der Waals surface area contributed by atoms with Crippen LogP contribution in [-0.4, -0.2) is 32.0 Å².